The minimum atomic E-state index is -4.34. The van der Waals surface area contributed by atoms with Crippen molar-refractivity contribution in [2.45, 2.75) is 24.0 Å². The number of hydrogen-bond donors (Lipinski definition) is 0. The van der Waals surface area contributed by atoms with E-state index >= 15 is 0 Å². The van der Waals surface area contributed by atoms with Crippen molar-refractivity contribution in [3.8, 4) is 17.1 Å². The zero-order valence-corrected chi connectivity index (χ0v) is 16.8. The highest BCUT2D eigenvalue weighted by atomic mass is 32.2. The summed E-state index contributed by atoms with van der Waals surface area (Å²) in [5.74, 6) is 1.12. The van der Waals surface area contributed by atoms with Crippen LogP contribution in [0.5, 0.6) is 0 Å². The van der Waals surface area contributed by atoms with Gasteiger partial charge < -0.3 is 0 Å². The molecule has 2 aromatic heterocycles. The van der Waals surface area contributed by atoms with Gasteiger partial charge in [-0.3, -0.25) is 9.55 Å². The molecule has 4 aromatic rings. The van der Waals surface area contributed by atoms with Crippen LogP contribution in [0.15, 0.2) is 78.2 Å². The Kier molecular flexibility index (Phi) is 5.59. The maximum Gasteiger partial charge on any atom is 0.416 e. The third kappa shape index (κ3) is 4.38. The van der Waals surface area contributed by atoms with Crippen molar-refractivity contribution in [2.75, 3.05) is 0 Å². The Morgan fingerprint density at radius 1 is 0.933 bits per heavy atom. The molecule has 0 amide bonds. The van der Waals surface area contributed by atoms with Gasteiger partial charge in [0.25, 0.3) is 0 Å². The number of halogens is 3. The third-order valence-electron chi connectivity index (χ3n) is 4.49. The maximum absolute atomic E-state index is 12.8. The Labute approximate surface area is 175 Å². The van der Waals surface area contributed by atoms with Crippen molar-refractivity contribution >= 4 is 11.8 Å². The Balaban J connectivity index is 1.65. The van der Waals surface area contributed by atoms with Crippen molar-refractivity contribution in [1.29, 1.82) is 0 Å². The first-order valence-corrected chi connectivity index (χ1v) is 10.1. The van der Waals surface area contributed by atoms with Crippen LogP contribution in [0, 0.1) is 6.92 Å². The molecule has 0 N–H and O–H groups in total. The van der Waals surface area contributed by atoms with E-state index in [9.17, 15) is 13.2 Å². The number of benzene rings is 2. The van der Waals surface area contributed by atoms with Crippen LogP contribution in [0.3, 0.4) is 0 Å². The molecule has 0 atom stereocenters. The van der Waals surface area contributed by atoms with Gasteiger partial charge in [-0.15, -0.1) is 10.2 Å². The highest BCUT2D eigenvalue weighted by Crippen LogP contribution is 2.32. The molecule has 0 bridgehead atoms. The zero-order chi connectivity index (χ0) is 21.1. The summed E-state index contributed by atoms with van der Waals surface area (Å²) in [6.07, 6.45) is -0.925. The topological polar surface area (TPSA) is 43.6 Å². The summed E-state index contributed by atoms with van der Waals surface area (Å²) in [6.45, 7) is 2.01. The number of aryl methyl sites for hydroxylation is 1. The van der Waals surface area contributed by atoms with Crippen LogP contribution < -0.4 is 0 Å². The van der Waals surface area contributed by atoms with Gasteiger partial charge in [-0.25, -0.2) is 0 Å². The Morgan fingerprint density at radius 2 is 1.67 bits per heavy atom. The molecule has 8 heteroatoms. The van der Waals surface area contributed by atoms with Gasteiger partial charge in [0.05, 0.1) is 5.56 Å². The predicted octanol–water partition coefficient (Wildman–Crippen LogP) is 5.95. The summed E-state index contributed by atoms with van der Waals surface area (Å²) in [5, 5.41) is 9.33. The van der Waals surface area contributed by atoms with E-state index in [0.717, 1.165) is 34.5 Å². The minimum absolute atomic E-state index is 0.467. The lowest BCUT2D eigenvalue weighted by atomic mass is 10.1. The normalized spacial score (nSPS) is 11.6. The predicted molar refractivity (Wildman–Crippen MR) is 110 cm³/mol. The highest BCUT2D eigenvalue weighted by Gasteiger charge is 2.29. The average molecular weight is 426 g/mol. The lowest BCUT2D eigenvalue weighted by Gasteiger charge is -2.11. The molecule has 4 nitrogen and oxygen atoms in total. The summed E-state index contributed by atoms with van der Waals surface area (Å²) in [7, 11) is 0. The van der Waals surface area contributed by atoms with Crippen LogP contribution in [0.2, 0.25) is 0 Å². The van der Waals surface area contributed by atoms with Crippen LogP contribution in [0.25, 0.3) is 17.1 Å². The van der Waals surface area contributed by atoms with Gasteiger partial charge >= 0.3 is 6.18 Å². The zero-order valence-electron chi connectivity index (χ0n) is 16.0. The van der Waals surface area contributed by atoms with Crippen molar-refractivity contribution in [2.24, 2.45) is 0 Å². The number of nitrogens with zero attached hydrogens (tertiary/aromatic N) is 4. The van der Waals surface area contributed by atoms with Crippen molar-refractivity contribution < 1.29 is 13.2 Å². The molecule has 0 radical (unpaired) electrons. The molecule has 0 aliphatic carbocycles. The van der Waals surface area contributed by atoms with E-state index in [-0.39, 0.29) is 0 Å². The lowest BCUT2D eigenvalue weighted by Crippen LogP contribution is -2.04. The van der Waals surface area contributed by atoms with Gasteiger partial charge in [-0.1, -0.05) is 41.6 Å². The molecule has 30 heavy (non-hydrogen) atoms. The summed E-state index contributed by atoms with van der Waals surface area (Å²) in [6, 6.07) is 16.9. The molecule has 0 aliphatic heterocycles. The van der Waals surface area contributed by atoms with Gasteiger partial charge in [0.1, 0.15) is 0 Å². The molecule has 4 rings (SSSR count). The van der Waals surface area contributed by atoms with Crippen molar-refractivity contribution in [3.05, 3.63) is 89.7 Å². The average Bonchev–Trinajstić information content (AvgIpc) is 3.17. The fraction of sp³-hybridized carbons (Fsp3) is 0.136. The molecule has 152 valence electrons. The summed E-state index contributed by atoms with van der Waals surface area (Å²) in [5.41, 5.74) is 2.98. The maximum atomic E-state index is 12.8. The molecule has 0 aliphatic rings. The van der Waals surface area contributed by atoms with Gasteiger partial charge in [0.15, 0.2) is 11.0 Å². The van der Waals surface area contributed by atoms with Gasteiger partial charge in [-0.05, 0) is 48.9 Å². The number of hydrogen-bond acceptors (Lipinski definition) is 4. The number of thioether (sulfide) groups is 1. The first-order chi connectivity index (χ1) is 14.4. The smallest absolute Gasteiger partial charge is 0.270 e. The van der Waals surface area contributed by atoms with E-state index in [0.29, 0.717) is 16.7 Å². The van der Waals surface area contributed by atoms with Crippen molar-refractivity contribution in [3.63, 3.8) is 0 Å². The summed E-state index contributed by atoms with van der Waals surface area (Å²) >= 11 is 1.42. The number of rotatable bonds is 5. The van der Waals surface area contributed by atoms with Gasteiger partial charge in [0.2, 0.25) is 0 Å². The SMILES string of the molecule is Cc1ccc(-n2c(SCc3ccc(C(F)(F)F)cc3)nnc2-c2cccnc2)cc1. The number of pyridine rings is 1. The Bertz CT molecular complexity index is 1120. The van der Waals surface area contributed by atoms with E-state index in [2.05, 4.69) is 15.2 Å². The van der Waals surface area contributed by atoms with Crippen LogP contribution in [0.1, 0.15) is 16.7 Å². The molecule has 0 spiro atoms. The Morgan fingerprint density at radius 3 is 2.30 bits per heavy atom. The van der Waals surface area contributed by atoms with Crippen LogP contribution in [0.4, 0.5) is 13.2 Å². The fourth-order valence-electron chi connectivity index (χ4n) is 2.91. The van der Waals surface area contributed by atoms with Gasteiger partial charge in [0, 0.05) is 29.4 Å². The van der Waals surface area contributed by atoms with Crippen LogP contribution >= 0.6 is 11.8 Å². The first kappa shape index (κ1) is 20.2. The molecule has 0 saturated carbocycles. The second-order valence-electron chi connectivity index (χ2n) is 6.70. The third-order valence-corrected chi connectivity index (χ3v) is 5.49. The molecular weight excluding hydrogens is 409 g/mol. The van der Waals surface area contributed by atoms with E-state index in [1.54, 1.807) is 12.4 Å². The van der Waals surface area contributed by atoms with Gasteiger partial charge in [-0.2, -0.15) is 13.2 Å². The monoisotopic (exact) mass is 426 g/mol. The van der Waals surface area contributed by atoms with E-state index in [1.165, 1.54) is 23.9 Å². The lowest BCUT2D eigenvalue weighted by molar-refractivity contribution is -0.137. The van der Waals surface area contributed by atoms with E-state index < -0.39 is 11.7 Å². The quantitative estimate of drug-likeness (QED) is 0.370. The number of aromatic nitrogens is 4. The summed E-state index contributed by atoms with van der Waals surface area (Å²) in [4.78, 5) is 4.16. The summed E-state index contributed by atoms with van der Waals surface area (Å²) < 4.78 is 40.2. The van der Waals surface area contributed by atoms with E-state index in [4.69, 9.17) is 0 Å². The van der Waals surface area contributed by atoms with Crippen LogP contribution in [-0.4, -0.2) is 19.7 Å². The molecule has 2 aromatic carbocycles. The van der Waals surface area contributed by atoms with Crippen molar-refractivity contribution in [1.82, 2.24) is 19.7 Å². The molecular formula is C22H17F3N4S. The Hall–Kier alpha value is -3.13. The van der Waals surface area contributed by atoms with E-state index in [1.807, 2.05) is 47.9 Å². The second kappa shape index (κ2) is 8.31. The molecule has 0 unspecified atom stereocenters. The molecule has 0 saturated heterocycles. The van der Waals surface area contributed by atoms with Crippen LogP contribution in [-0.2, 0) is 11.9 Å². The second-order valence-corrected chi connectivity index (χ2v) is 7.64. The minimum Gasteiger partial charge on any atom is -0.270 e. The highest BCUT2D eigenvalue weighted by molar-refractivity contribution is 7.98. The molecule has 2 heterocycles. The molecule has 0 fully saturated rings. The first-order valence-electron chi connectivity index (χ1n) is 9.13. The standard InChI is InChI=1S/C22H17F3N4S/c1-15-4-10-19(11-5-15)29-20(17-3-2-12-26-13-17)27-28-21(29)30-14-16-6-8-18(9-7-16)22(23,24)25/h2-13H,14H2,1H3. The number of alkyl halides is 3. The fourth-order valence-corrected chi connectivity index (χ4v) is 3.82. The largest absolute Gasteiger partial charge is 0.416 e.